The van der Waals surface area contributed by atoms with Crippen LogP contribution in [0.1, 0.15) is 44.2 Å². The van der Waals surface area contributed by atoms with E-state index in [1.807, 2.05) is 6.92 Å². The van der Waals surface area contributed by atoms with Crippen LogP contribution in [0.25, 0.3) is 0 Å². The summed E-state index contributed by atoms with van der Waals surface area (Å²) >= 11 is 0. The monoisotopic (exact) mass is 357 g/mol. The first-order valence-electron chi connectivity index (χ1n) is 10.1. The number of carbonyl (C=O) groups excluding carboxylic acids is 1. The van der Waals surface area contributed by atoms with Gasteiger partial charge in [0, 0.05) is 38.3 Å². The zero-order valence-corrected chi connectivity index (χ0v) is 16.0. The topological polar surface area (TPSA) is 44.8 Å². The molecule has 5 nitrogen and oxygen atoms in total. The molecule has 0 aromatic heterocycles. The van der Waals surface area contributed by atoms with Gasteiger partial charge in [-0.1, -0.05) is 12.1 Å². The molecule has 0 radical (unpaired) electrons. The molecule has 2 bridgehead atoms. The summed E-state index contributed by atoms with van der Waals surface area (Å²) in [6.07, 6.45) is 5.07. The minimum absolute atomic E-state index is 0.123. The third-order valence-corrected chi connectivity index (χ3v) is 6.50. The third kappa shape index (κ3) is 3.29. The zero-order chi connectivity index (χ0) is 18.1. The lowest BCUT2D eigenvalue weighted by Gasteiger charge is -2.55. The van der Waals surface area contributed by atoms with Gasteiger partial charge in [-0.25, -0.2) is 4.79 Å². The first-order chi connectivity index (χ1) is 12.7. The smallest absolute Gasteiger partial charge is 0.317 e. The SMILES string of the molecule is CCNC(=O)N1C[C@@H]2C[C@H](C1)[C@@H]1CCC[C@H](c3ccc(OC)cc3)N1C2. The Morgan fingerprint density at radius 2 is 2.00 bits per heavy atom. The summed E-state index contributed by atoms with van der Waals surface area (Å²) in [5.74, 6) is 2.15. The molecule has 0 aliphatic carbocycles. The van der Waals surface area contributed by atoms with Crippen molar-refractivity contribution < 1.29 is 9.53 Å². The van der Waals surface area contributed by atoms with Crippen molar-refractivity contribution in [3.05, 3.63) is 29.8 Å². The molecule has 1 aromatic rings. The number of benzene rings is 1. The lowest BCUT2D eigenvalue weighted by molar-refractivity contribution is -0.0482. The van der Waals surface area contributed by atoms with Crippen molar-refractivity contribution in [2.75, 3.05) is 33.3 Å². The highest BCUT2D eigenvalue weighted by molar-refractivity contribution is 5.74. The molecule has 3 aliphatic heterocycles. The number of urea groups is 1. The number of hydrogen-bond donors (Lipinski definition) is 1. The Bertz CT molecular complexity index is 633. The predicted octanol–water partition coefficient (Wildman–Crippen LogP) is 3.27. The average molecular weight is 357 g/mol. The second-order valence-corrected chi connectivity index (χ2v) is 8.09. The minimum atomic E-state index is 0.123. The van der Waals surface area contributed by atoms with Crippen molar-refractivity contribution in [3.63, 3.8) is 0 Å². The quantitative estimate of drug-likeness (QED) is 0.903. The Hall–Kier alpha value is -1.75. The van der Waals surface area contributed by atoms with Crippen LogP contribution in [0.4, 0.5) is 4.79 Å². The second kappa shape index (κ2) is 7.47. The fourth-order valence-electron chi connectivity index (χ4n) is 5.42. The van der Waals surface area contributed by atoms with E-state index in [4.69, 9.17) is 4.74 Å². The van der Waals surface area contributed by atoms with Crippen LogP contribution in [0.2, 0.25) is 0 Å². The lowest BCUT2D eigenvalue weighted by atomic mass is 9.74. The first kappa shape index (κ1) is 17.7. The van der Waals surface area contributed by atoms with Gasteiger partial charge in [-0.15, -0.1) is 0 Å². The molecule has 4 rings (SSSR count). The van der Waals surface area contributed by atoms with Gasteiger partial charge in [0.15, 0.2) is 0 Å². The molecule has 4 atom stereocenters. The van der Waals surface area contributed by atoms with E-state index in [0.29, 0.717) is 30.5 Å². The van der Waals surface area contributed by atoms with Crippen LogP contribution in [0.5, 0.6) is 5.75 Å². The Balaban J connectivity index is 1.51. The third-order valence-electron chi connectivity index (χ3n) is 6.50. The number of hydrogen-bond acceptors (Lipinski definition) is 3. The first-order valence-corrected chi connectivity index (χ1v) is 10.1. The normalized spacial score (nSPS) is 31.2. The van der Waals surface area contributed by atoms with Crippen LogP contribution < -0.4 is 10.1 Å². The summed E-state index contributed by atoms with van der Waals surface area (Å²) in [4.78, 5) is 17.2. The van der Waals surface area contributed by atoms with E-state index in [1.165, 1.54) is 31.2 Å². The van der Waals surface area contributed by atoms with E-state index >= 15 is 0 Å². The van der Waals surface area contributed by atoms with E-state index < -0.39 is 0 Å². The van der Waals surface area contributed by atoms with Crippen LogP contribution >= 0.6 is 0 Å². The van der Waals surface area contributed by atoms with Crippen LogP contribution in [0.15, 0.2) is 24.3 Å². The molecule has 5 heteroatoms. The van der Waals surface area contributed by atoms with Gasteiger partial charge in [0.2, 0.25) is 0 Å². The summed E-state index contributed by atoms with van der Waals surface area (Å²) in [6.45, 7) is 5.64. The standard InChI is InChI=1S/C21H31N3O2/c1-3-22-21(25)23-12-15-11-17(14-23)20-6-4-5-19(24(20)13-15)16-7-9-18(26-2)10-8-16/h7-10,15,17,19-20H,3-6,11-14H2,1-2H3,(H,22,25)/t15-,17+,19+,20-/m0/s1. The maximum Gasteiger partial charge on any atom is 0.317 e. The highest BCUT2D eigenvalue weighted by atomic mass is 16.5. The summed E-state index contributed by atoms with van der Waals surface area (Å²) in [5.41, 5.74) is 1.41. The number of likely N-dealkylation sites (tertiary alicyclic amines) is 1. The van der Waals surface area contributed by atoms with Crippen molar-refractivity contribution in [3.8, 4) is 5.75 Å². The van der Waals surface area contributed by atoms with Gasteiger partial charge < -0.3 is 15.0 Å². The Kier molecular flexibility index (Phi) is 5.07. The molecular formula is C21H31N3O2. The molecule has 0 unspecified atom stereocenters. The predicted molar refractivity (Wildman–Crippen MR) is 102 cm³/mol. The molecule has 3 heterocycles. The number of fused-ring (bicyclic) bond motifs is 4. The lowest BCUT2D eigenvalue weighted by Crippen LogP contribution is -2.61. The molecule has 3 aliphatic rings. The Morgan fingerprint density at radius 1 is 1.19 bits per heavy atom. The average Bonchev–Trinajstić information content (AvgIpc) is 2.68. The van der Waals surface area contributed by atoms with Gasteiger partial charge >= 0.3 is 6.03 Å². The van der Waals surface area contributed by atoms with E-state index in [0.717, 1.165) is 25.4 Å². The number of carbonyl (C=O) groups is 1. The van der Waals surface area contributed by atoms with Crippen molar-refractivity contribution in [1.82, 2.24) is 15.1 Å². The maximum atomic E-state index is 12.3. The molecular weight excluding hydrogens is 326 g/mol. The number of piperidine rings is 3. The zero-order valence-electron chi connectivity index (χ0n) is 16.0. The summed E-state index contributed by atoms with van der Waals surface area (Å²) in [5, 5.41) is 2.98. The molecule has 1 aromatic carbocycles. The molecule has 0 spiro atoms. The van der Waals surface area contributed by atoms with Crippen LogP contribution in [0.3, 0.4) is 0 Å². The van der Waals surface area contributed by atoms with Crippen LogP contribution in [0, 0.1) is 11.8 Å². The molecule has 3 saturated heterocycles. The van der Waals surface area contributed by atoms with Gasteiger partial charge in [-0.3, -0.25) is 4.90 Å². The van der Waals surface area contributed by atoms with E-state index in [2.05, 4.69) is 39.4 Å². The van der Waals surface area contributed by atoms with E-state index in [9.17, 15) is 4.79 Å². The number of nitrogens with one attached hydrogen (secondary N) is 1. The summed E-state index contributed by atoms with van der Waals surface area (Å²) in [6, 6.07) is 9.89. The van der Waals surface area contributed by atoms with Gasteiger partial charge in [0.1, 0.15) is 5.75 Å². The highest BCUT2D eigenvalue weighted by Gasteiger charge is 2.45. The molecule has 0 saturated carbocycles. The van der Waals surface area contributed by atoms with E-state index in [1.54, 1.807) is 7.11 Å². The largest absolute Gasteiger partial charge is 0.497 e. The number of methoxy groups -OCH3 is 1. The molecule has 142 valence electrons. The highest BCUT2D eigenvalue weighted by Crippen LogP contribution is 2.44. The van der Waals surface area contributed by atoms with Crippen molar-refractivity contribution in [2.24, 2.45) is 11.8 Å². The number of nitrogens with zero attached hydrogens (tertiary/aromatic N) is 2. The fraction of sp³-hybridized carbons (Fsp3) is 0.667. The van der Waals surface area contributed by atoms with Gasteiger partial charge in [0.05, 0.1) is 7.11 Å². The van der Waals surface area contributed by atoms with Crippen LogP contribution in [-0.2, 0) is 0 Å². The van der Waals surface area contributed by atoms with Gasteiger partial charge in [-0.05, 0) is 62.1 Å². The minimum Gasteiger partial charge on any atom is -0.497 e. The molecule has 3 fully saturated rings. The molecule has 26 heavy (non-hydrogen) atoms. The van der Waals surface area contributed by atoms with Crippen molar-refractivity contribution in [2.45, 2.75) is 44.7 Å². The Labute approximate surface area is 156 Å². The van der Waals surface area contributed by atoms with Gasteiger partial charge in [0.25, 0.3) is 0 Å². The second-order valence-electron chi connectivity index (χ2n) is 8.09. The summed E-state index contributed by atoms with van der Waals surface area (Å²) < 4.78 is 5.32. The fourth-order valence-corrected chi connectivity index (χ4v) is 5.42. The van der Waals surface area contributed by atoms with Crippen molar-refractivity contribution in [1.29, 1.82) is 0 Å². The van der Waals surface area contributed by atoms with Crippen LogP contribution in [-0.4, -0.2) is 55.2 Å². The number of rotatable bonds is 3. The van der Waals surface area contributed by atoms with Gasteiger partial charge in [-0.2, -0.15) is 0 Å². The molecule has 2 amide bonds. The number of ether oxygens (including phenoxy) is 1. The van der Waals surface area contributed by atoms with Crippen molar-refractivity contribution >= 4 is 6.03 Å². The number of amides is 2. The molecule has 1 N–H and O–H groups in total. The van der Waals surface area contributed by atoms with E-state index in [-0.39, 0.29) is 6.03 Å². The Morgan fingerprint density at radius 3 is 2.73 bits per heavy atom. The maximum absolute atomic E-state index is 12.3. The summed E-state index contributed by atoms with van der Waals surface area (Å²) in [7, 11) is 1.72.